The SMILES string of the molecule is CCN1C2=C(C(=O)CC(C)(C)C2)C(c2cc(Cl)ccc2OCC(=O)Nc2ccc(C)c(C)c2)C2=C1CC(C)(C)CC2=O. The van der Waals surface area contributed by atoms with Crippen LogP contribution in [0.25, 0.3) is 0 Å². The van der Waals surface area contributed by atoms with Crippen molar-refractivity contribution in [2.75, 3.05) is 18.5 Å². The lowest BCUT2D eigenvalue weighted by atomic mass is 9.63. The van der Waals surface area contributed by atoms with E-state index in [1.165, 1.54) is 0 Å². The fourth-order valence-corrected chi connectivity index (χ4v) is 6.96. The van der Waals surface area contributed by atoms with Crippen LogP contribution < -0.4 is 10.1 Å². The molecule has 1 amide bonds. The summed E-state index contributed by atoms with van der Waals surface area (Å²) in [6.07, 6.45) is 2.27. The maximum Gasteiger partial charge on any atom is 0.262 e. The third-order valence-electron chi connectivity index (χ3n) is 8.77. The highest BCUT2D eigenvalue weighted by atomic mass is 35.5. The number of amides is 1. The average molecular weight is 589 g/mol. The fraction of sp³-hybridized carbons (Fsp3) is 0.457. The van der Waals surface area contributed by atoms with Gasteiger partial charge in [0.1, 0.15) is 5.75 Å². The molecule has 222 valence electrons. The summed E-state index contributed by atoms with van der Waals surface area (Å²) < 4.78 is 6.15. The lowest BCUT2D eigenvalue weighted by molar-refractivity contribution is -0.120. The molecule has 6 nitrogen and oxygen atoms in total. The molecule has 0 bridgehead atoms. The molecule has 2 aromatic rings. The molecule has 1 N–H and O–H groups in total. The summed E-state index contributed by atoms with van der Waals surface area (Å²) in [6, 6.07) is 11.0. The van der Waals surface area contributed by atoms with E-state index in [2.05, 4.69) is 44.8 Å². The van der Waals surface area contributed by atoms with E-state index in [1.54, 1.807) is 18.2 Å². The van der Waals surface area contributed by atoms with Gasteiger partial charge in [-0.05, 0) is 85.9 Å². The Morgan fingerprint density at radius 3 is 2.05 bits per heavy atom. The van der Waals surface area contributed by atoms with Gasteiger partial charge in [-0.15, -0.1) is 0 Å². The minimum atomic E-state index is -0.596. The van der Waals surface area contributed by atoms with Crippen molar-refractivity contribution in [2.24, 2.45) is 10.8 Å². The van der Waals surface area contributed by atoms with Gasteiger partial charge in [0.15, 0.2) is 18.2 Å². The second kappa shape index (κ2) is 11.0. The number of halogens is 1. The van der Waals surface area contributed by atoms with E-state index in [4.69, 9.17) is 16.3 Å². The van der Waals surface area contributed by atoms with E-state index in [0.29, 0.717) is 52.6 Å². The number of hydrogen-bond donors (Lipinski definition) is 1. The molecule has 0 saturated heterocycles. The first-order valence-electron chi connectivity index (χ1n) is 14.8. The number of anilines is 1. The van der Waals surface area contributed by atoms with Crippen molar-refractivity contribution in [2.45, 2.75) is 80.1 Å². The summed E-state index contributed by atoms with van der Waals surface area (Å²) in [5, 5.41) is 3.38. The number of aryl methyl sites for hydroxylation is 2. The molecule has 0 radical (unpaired) electrons. The van der Waals surface area contributed by atoms with Crippen LogP contribution in [0.5, 0.6) is 5.75 Å². The highest BCUT2D eigenvalue weighted by Gasteiger charge is 2.49. The van der Waals surface area contributed by atoms with E-state index in [9.17, 15) is 14.4 Å². The molecule has 2 aromatic carbocycles. The Morgan fingerprint density at radius 2 is 1.50 bits per heavy atom. The highest BCUT2D eigenvalue weighted by Crippen LogP contribution is 2.55. The molecule has 42 heavy (non-hydrogen) atoms. The van der Waals surface area contributed by atoms with Gasteiger partial charge in [-0.3, -0.25) is 14.4 Å². The van der Waals surface area contributed by atoms with E-state index in [-0.39, 0.29) is 34.9 Å². The van der Waals surface area contributed by atoms with Crippen molar-refractivity contribution < 1.29 is 19.1 Å². The Hall–Kier alpha value is -3.38. The summed E-state index contributed by atoms with van der Waals surface area (Å²) in [7, 11) is 0. The molecule has 0 fully saturated rings. The van der Waals surface area contributed by atoms with Gasteiger partial charge in [0, 0.05) is 64.1 Å². The summed E-state index contributed by atoms with van der Waals surface area (Å²) in [4.78, 5) is 43.1. The van der Waals surface area contributed by atoms with Crippen LogP contribution in [-0.4, -0.2) is 35.5 Å². The number of carbonyl (C=O) groups excluding carboxylic acids is 3. The van der Waals surface area contributed by atoms with Crippen LogP contribution in [0.1, 0.15) is 82.9 Å². The van der Waals surface area contributed by atoms with Gasteiger partial charge in [0.2, 0.25) is 0 Å². The molecule has 0 unspecified atom stereocenters. The van der Waals surface area contributed by atoms with Crippen LogP contribution in [0.2, 0.25) is 5.02 Å². The number of hydrogen-bond acceptors (Lipinski definition) is 5. The molecule has 7 heteroatoms. The Morgan fingerprint density at radius 1 is 0.905 bits per heavy atom. The third kappa shape index (κ3) is 5.78. The zero-order chi connectivity index (χ0) is 30.6. The number of allylic oxidation sites excluding steroid dienone is 4. The predicted octanol–water partition coefficient (Wildman–Crippen LogP) is 7.68. The molecule has 5 rings (SSSR count). The highest BCUT2D eigenvalue weighted by molar-refractivity contribution is 6.30. The number of benzene rings is 2. The van der Waals surface area contributed by atoms with Crippen LogP contribution >= 0.6 is 11.6 Å². The second-order valence-electron chi connectivity index (χ2n) is 13.6. The Balaban J connectivity index is 1.57. The molecular weight excluding hydrogens is 548 g/mol. The molecule has 0 saturated carbocycles. The lowest BCUT2D eigenvalue weighted by Gasteiger charge is -2.49. The Labute approximate surface area is 254 Å². The largest absolute Gasteiger partial charge is 0.483 e. The number of ether oxygens (including phenoxy) is 1. The van der Waals surface area contributed by atoms with Crippen molar-refractivity contribution >= 4 is 34.8 Å². The van der Waals surface area contributed by atoms with Crippen LogP contribution in [0, 0.1) is 24.7 Å². The van der Waals surface area contributed by atoms with Crippen molar-refractivity contribution in [3.63, 3.8) is 0 Å². The van der Waals surface area contributed by atoms with Crippen LogP contribution in [0.3, 0.4) is 0 Å². The number of nitrogens with zero attached hydrogens (tertiary/aromatic N) is 1. The molecule has 0 spiro atoms. The van der Waals surface area contributed by atoms with Gasteiger partial charge < -0.3 is 15.0 Å². The molecular formula is C35H41ClN2O4. The number of ketones is 2. The summed E-state index contributed by atoms with van der Waals surface area (Å²) >= 11 is 6.56. The Kier molecular flexibility index (Phi) is 7.90. The van der Waals surface area contributed by atoms with Gasteiger partial charge in [0.25, 0.3) is 5.91 Å². The first-order chi connectivity index (χ1) is 19.7. The number of nitrogens with one attached hydrogen (secondary N) is 1. The van der Waals surface area contributed by atoms with Gasteiger partial charge in [-0.1, -0.05) is 45.4 Å². The number of carbonyl (C=O) groups is 3. The summed E-state index contributed by atoms with van der Waals surface area (Å²) in [5.41, 5.74) is 6.50. The smallest absolute Gasteiger partial charge is 0.262 e. The fourth-order valence-electron chi connectivity index (χ4n) is 6.78. The van der Waals surface area contributed by atoms with Gasteiger partial charge in [0.05, 0.1) is 0 Å². The van der Waals surface area contributed by atoms with E-state index in [1.807, 2.05) is 32.0 Å². The molecule has 1 heterocycles. The second-order valence-corrected chi connectivity index (χ2v) is 14.0. The molecule has 0 aromatic heterocycles. The van der Waals surface area contributed by atoms with Gasteiger partial charge >= 0.3 is 0 Å². The van der Waals surface area contributed by atoms with Crippen molar-refractivity contribution in [3.05, 3.63) is 80.7 Å². The van der Waals surface area contributed by atoms with Gasteiger partial charge in [-0.25, -0.2) is 0 Å². The zero-order valence-corrected chi connectivity index (χ0v) is 26.5. The standard InChI is InChI=1S/C35H41ClN2O4/c1-8-38-25-15-34(4,5)17-27(39)32(25)31(33-26(38)16-35(6,7)18-28(33)40)24-14-22(36)10-12-29(24)42-19-30(41)37-23-11-9-20(2)21(3)13-23/h9-14,31H,8,15-19H2,1-7H3,(H,37,41). The number of Topliss-reactive ketones (excluding diaryl/α,β-unsaturated/α-hetero) is 2. The first kappa shape index (κ1) is 30.1. The maximum atomic E-state index is 14.0. The normalized spacial score (nSPS) is 20.0. The van der Waals surface area contributed by atoms with Crippen LogP contribution in [-0.2, 0) is 14.4 Å². The summed E-state index contributed by atoms with van der Waals surface area (Å²) in [6.45, 7) is 15.0. The number of rotatable bonds is 6. The third-order valence-corrected chi connectivity index (χ3v) is 9.01. The Bertz CT molecular complexity index is 1490. The van der Waals surface area contributed by atoms with E-state index < -0.39 is 5.92 Å². The quantitative estimate of drug-likeness (QED) is 0.374. The first-order valence-corrected chi connectivity index (χ1v) is 15.2. The minimum Gasteiger partial charge on any atom is -0.483 e. The topological polar surface area (TPSA) is 75.7 Å². The zero-order valence-electron chi connectivity index (χ0n) is 25.7. The van der Waals surface area contributed by atoms with Crippen LogP contribution in [0.4, 0.5) is 5.69 Å². The molecule has 1 aliphatic heterocycles. The van der Waals surface area contributed by atoms with Crippen LogP contribution in [0.15, 0.2) is 58.9 Å². The average Bonchev–Trinajstić information content (AvgIpc) is 2.87. The van der Waals surface area contributed by atoms with E-state index >= 15 is 0 Å². The lowest BCUT2D eigenvalue weighted by Crippen LogP contribution is -2.44. The molecule has 3 aliphatic rings. The van der Waals surface area contributed by atoms with E-state index in [0.717, 1.165) is 35.4 Å². The maximum absolute atomic E-state index is 14.0. The van der Waals surface area contributed by atoms with Crippen molar-refractivity contribution in [1.29, 1.82) is 0 Å². The summed E-state index contributed by atoms with van der Waals surface area (Å²) in [5.74, 6) is -0.356. The minimum absolute atomic E-state index is 0.0484. The monoisotopic (exact) mass is 588 g/mol. The van der Waals surface area contributed by atoms with Crippen molar-refractivity contribution in [3.8, 4) is 5.75 Å². The predicted molar refractivity (Wildman–Crippen MR) is 167 cm³/mol. The van der Waals surface area contributed by atoms with Gasteiger partial charge in [-0.2, -0.15) is 0 Å². The molecule has 0 atom stereocenters. The van der Waals surface area contributed by atoms with Crippen molar-refractivity contribution in [1.82, 2.24) is 4.90 Å². The molecule has 2 aliphatic carbocycles.